The Morgan fingerprint density at radius 3 is 2.71 bits per heavy atom. The van der Waals surface area contributed by atoms with Crippen LogP contribution >= 0.6 is 0 Å². The quantitative estimate of drug-likeness (QED) is 0.794. The van der Waals surface area contributed by atoms with Crippen LogP contribution in [0.15, 0.2) is 12.1 Å². The van der Waals surface area contributed by atoms with Crippen molar-refractivity contribution in [1.29, 1.82) is 0 Å². The molecule has 4 heteroatoms. The number of aromatic nitrogens is 1. The van der Waals surface area contributed by atoms with Gasteiger partial charge in [-0.2, -0.15) is 0 Å². The van der Waals surface area contributed by atoms with Crippen molar-refractivity contribution in [2.75, 3.05) is 13.7 Å². The van der Waals surface area contributed by atoms with Crippen molar-refractivity contribution in [2.45, 2.75) is 13.8 Å². The van der Waals surface area contributed by atoms with Gasteiger partial charge in [-0.15, -0.1) is 0 Å². The van der Waals surface area contributed by atoms with Crippen LogP contribution in [0.4, 0.5) is 0 Å². The van der Waals surface area contributed by atoms with Gasteiger partial charge in [-0.1, -0.05) is 6.07 Å². The molecule has 2 aromatic rings. The third kappa shape index (κ3) is 1.70. The molecule has 0 fully saturated rings. The fraction of sp³-hybridized carbons (Fsp3) is 0.308. The number of aryl methyl sites for hydroxylation is 2. The molecule has 0 aliphatic rings. The molecule has 3 N–H and O–H groups in total. The van der Waals surface area contributed by atoms with Gasteiger partial charge in [-0.05, 0) is 25.5 Å². The van der Waals surface area contributed by atoms with Crippen molar-refractivity contribution in [2.24, 2.45) is 5.73 Å². The molecule has 0 amide bonds. The number of Topliss-reactive ketones (excluding diaryl/α,β-unsaturated/α-hetero) is 1. The summed E-state index contributed by atoms with van der Waals surface area (Å²) in [5.74, 6) is 0.690. The van der Waals surface area contributed by atoms with Gasteiger partial charge < -0.3 is 15.5 Å². The van der Waals surface area contributed by atoms with Gasteiger partial charge in [-0.25, -0.2) is 0 Å². The molecule has 0 aliphatic carbocycles. The lowest BCUT2D eigenvalue weighted by molar-refractivity contribution is 0.100. The molecule has 0 atom stereocenters. The van der Waals surface area contributed by atoms with Crippen LogP contribution in [0.25, 0.3) is 10.9 Å². The predicted molar refractivity (Wildman–Crippen MR) is 67.7 cm³/mol. The summed E-state index contributed by atoms with van der Waals surface area (Å²) in [5, 5.41) is 0.914. The van der Waals surface area contributed by atoms with Gasteiger partial charge in [0.2, 0.25) is 0 Å². The maximum Gasteiger partial charge on any atom is 0.178 e. The Bertz CT molecular complexity index is 585. The largest absolute Gasteiger partial charge is 0.495 e. The summed E-state index contributed by atoms with van der Waals surface area (Å²) in [5.41, 5.74) is 8.87. The second kappa shape index (κ2) is 4.22. The van der Waals surface area contributed by atoms with Crippen molar-refractivity contribution in [3.05, 3.63) is 29.0 Å². The number of hydrogen-bond donors (Lipinski definition) is 2. The number of nitrogens with one attached hydrogen (secondary N) is 1. The maximum atomic E-state index is 11.9. The molecule has 17 heavy (non-hydrogen) atoms. The summed E-state index contributed by atoms with van der Waals surface area (Å²) in [4.78, 5) is 15.1. The molecule has 1 aromatic carbocycles. The smallest absolute Gasteiger partial charge is 0.178 e. The summed E-state index contributed by atoms with van der Waals surface area (Å²) >= 11 is 0. The lowest BCUT2D eigenvalue weighted by Gasteiger charge is -2.05. The van der Waals surface area contributed by atoms with Crippen LogP contribution in [-0.2, 0) is 0 Å². The van der Waals surface area contributed by atoms with Gasteiger partial charge in [-0.3, -0.25) is 4.79 Å². The first-order chi connectivity index (χ1) is 8.10. The SMILES string of the molecule is COc1ccc(C)c2c(C(=O)CN)c(C)[nH]c12. The fourth-order valence-electron chi connectivity index (χ4n) is 2.19. The van der Waals surface area contributed by atoms with E-state index in [1.807, 2.05) is 26.0 Å². The maximum absolute atomic E-state index is 11.9. The fourth-order valence-corrected chi connectivity index (χ4v) is 2.19. The van der Waals surface area contributed by atoms with Crippen LogP contribution in [0.2, 0.25) is 0 Å². The Kier molecular flexibility index (Phi) is 2.90. The Hall–Kier alpha value is -1.81. The third-order valence-electron chi connectivity index (χ3n) is 3.00. The van der Waals surface area contributed by atoms with E-state index in [2.05, 4.69) is 4.98 Å². The molecule has 0 spiro atoms. The van der Waals surface area contributed by atoms with E-state index in [-0.39, 0.29) is 12.3 Å². The average Bonchev–Trinajstić information content (AvgIpc) is 2.67. The molecule has 0 unspecified atom stereocenters. The number of aromatic amines is 1. The summed E-state index contributed by atoms with van der Waals surface area (Å²) < 4.78 is 5.29. The summed E-state index contributed by atoms with van der Waals surface area (Å²) in [6, 6.07) is 3.84. The average molecular weight is 232 g/mol. The van der Waals surface area contributed by atoms with Gasteiger partial charge in [0.25, 0.3) is 0 Å². The van der Waals surface area contributed by atoms with Crippen LogP contribution in [0.3, 0.4) is 0 Å². The molecule has 0 radical (unpaired) electrons. The van der Waals surface area contributed by atoms with E-state index in [1.54, 1.807) is 7.11 Å². The van der Waals surface area contributed by atoms with Crippen molar-refractivity contribution in [3.8, 4) is 5.75 Å². The first-order valence-corrected chi connectivity index (χ1v) is 5.49. The lowest BCUT2D eigenvalue weighted by Crippen LogP contribution is -2.14. The number of rotatable bonds is 3. The monoisotopic (exact) mass is 232 g/mol. The number of H-pyrrole nitrogens is 1. The minimum atomic E-state index is -0.0508. The Balaban J connectivity index is 2.85. The number of fused-ring (bicyclic) bond motifs is 1. The number of ketones is 1. The van der Waals surface area contributed by atoms with Crippen LogP contribution in [-0.4, -0.2) is 24.4 Å². The van der Waals surface area contributed by atoms with Gasteiger partial charge in [0, 0.05) is 16.6 Å². The Labute approximate surface area is 99.8 Å². The van der Waals surface area contributed by atoms with Gasteiger partial charge >= 0.3 is 0 Å². The van der Waals surface area contributed by atoms with Gasteiger partial charge in [0.15, 0.2) is 5.78 Å². The van der Waals surface area contributed by atoms with E-state index in [0.717, 1.165) is 27.9 Å². The molecule has 0 bridgehead atoms. The van der Waals surface area contributed by atoms with Crippen LogP contribution in [0.5, 0.6) is 5.75 Å². The van der Waals surface area contributed by atoms with Gasteiger partial charge in [0.1, 0.15) is 5.75 Å². The first-order valence-electron chi connectivity index (χ1n) is 5.49. The second-order valence-corrected chi connectivity index (χ2v) is 4.09. The summed E-state index contributed by atoms with van der Waals surface area (Å²) in [6.07, 6.45) is 0. The molecule has 90 valence electrons. The minimum absolute atomic E-state index is 0.0183. The Morgan fingerprint density at radius 1 is 1.41 bits per heavy atom. The van der Waals surface area contributed by atoms with E-state index >= 15 is 0 Å². The number of ether oxygens (including phenoxy) is 1. The molecular weight excluding hydrogens is 216 g/mol. The highest BCUT2D eigenvalue weighted by Crippen LogP contribution is 2.32. The summed E-state index contributed by atoms with van der Waals surface area (Å²) in [7, 11) is 1.62. The zero-order chi connectivity index (χ0) is 12.6. The number of carbonyl (C=O) groups excluding carboxylic acids is 1. The van der Waals surface area contributed by atoms with E-state index < -0.39 is 0 Å². The van der Waals surface area contributed by atoms with Crippen molar-refractivity contribution < 1.29 is 9.53 Å². The molecule has 4 nitrogen and oxygen atoms in total. The van der Waals surface area contributed by atoms with E-state index in [1.165, 1.54) is 0 Å². The molecule has 0 aliphatic heterocycles. The van der Waals surface area contributed by atoms with Crippen molar-refractivity contribution in [3.63, 3.8) is 0 Å². The zero-order valence-corrected chi connectivity index (χ0v) is 10.3. The molecule has 2 rings (SSSR count). The van der Waals surface area contributed by atoms with Crippen LogP contribution in [0, 0.1) is 13.8 Å². The summed E-state index contributed by atoms with van der Waals surface area (Å²) in [6.45, 7) is 3.87. The highest BCUT2D eigenvalue weighted by molar-refractivity contribution is 6.12. The molecule has 1 heterocycles. The highest BCUT2D eigenvalue weighted by Gasteiger charge is 2.18. The van der Waals surface area contributed by atoms with E-state index in [0.29, 0.717) is 5.56 Å². The first kappa shape index (κ1) is 11.7. The van der Waals surface area contributed by atoms with Gasteiger partial charge in [0.05, 0.1) is 19.2 Å². The molecule has 0 saturated heterocycles. The Morgan fingerprint density at radius 2 is 2.12 bits per heavy atom. The normalized spacial score (nSPS) is 10.8. The van der Waals surface area contributed by atoms with Crippen molar-refractivity contribution in [1.82, 2.24) is 4.98 Å². The molecular formula is C13H16N2O2. The number of methoxy groups -OCH3 is 1. The molecule has 0 saturated carbocycles. The highest BCUT2D eigenvalue weighted by atomic mass is 16.5. The van der Waals surface area contributed by atoms with E-state index in [9.17, 15) is 4.79 Å². The lowest BCUT2D eigenvalue weighted by atomic mass is 10.0. The molecule has 1 aromatic heterocycles. The second-order valence-electron chi connectivity index (χ2n) is 4.09. The van der Waals surface area contributed by atoms with E-state index in [4.69, 9.17) is 10.5 Å². The van der Waals surface area contributed by atoms with Crippen LogP contribution in [0.1, 0.15) is 21.6 Å². The van der Waals surface area contributed by atoms with Crippen LogP contribution < -0.4 is 10.5 Å². The topological polar surface area (TPSA) is 68.1 Å². The van der Waals surface area contributed by atoms with Crippen molar-refractivity contribution >= 4 is 16.7 Å². The third-order valence-corrected chi connectivity index (χ3v) is 3.00. The zero-order valence-electron chi connectivity index (χ0n) is 10.3. The standard InChI is InChI=1S/C13H16N2O2/c1-7-4-5-10(17-3)13-11(7)12(8(2)15-13)9(16)6-14/h4-5,15H,6,14H2,1-3H3. The number of benzene rings is 1. The number of nitrogens with two attached hydrogens (primary N) is 1. The predicted octanol–water partition coefficient (Wildman–Crippen LogP) is 1.93. The minimum Gasteiger partial charge on any atom is -0.495 e. The number of carbonyl (C=O) groups is 1. The number of hydrogen-bond acceptors (Lipinski definition) is 3.